The zero-order valence-electron chi connectivity index (χ0n) is 9.45. The van der Waals surface area contributed by atoms with Crippen molar-refractivity contribution in [1.29, 1.82) is 0 Å². The summed E-state index contributed by atoms with van der Waals surface area (Å²) in [5, 5.41) is 3.15. The van der Waals surface area contributed by atoms with Gasteiger partial charge in [-0.1, -0.05) is 6.92 Å². The molecule has 0 spiro atoms. The second-order valence-corrected chi connectivity index (χ2v) is 5.57. The maximum absolute atomic E-state index is 11.5. The third-order valence-electron chi connectivity index (χ3n) is 1.93. The van der Waals surface area contributed by atoms with E-state index in [-0.39, 0.29) is 0 Å². The number of nitrogens with one attached hydrogen (secondary N) is 1. The van der Waals surface area contributed by atoms with E-state index in [9.17, 15) is 8.42 Å². The van der Waals surface area contributed by atoms with Crippen LogP contribution >= 0.6 is 0 Å². The van der Waals surface area contributed by atoms with Gasteiger partial charge in [-0.05, 0) is 19.5 Å². The summed E-state index contributed by atoms with van der Waals surface area (Å²) in [6.07, 6.45) is 0.831. The molecule has 0 atom stereocenters. The van der Waals surface area contributed by atoms with E-state index < -0.39 is 10.2 Å². The first-order valence-electron chi connectivity index (χ1n) is 4.77. The lowest BCUT2D eigenvalue weighted by atomic mass is 10.4. The van der Waals surface area contributed by atoms with Crippen LogP contribution in [0.25, 0.3) is 0 Å². The Balaban J connectivity index is 3.90. The molecule has 0 bridgehead atoms. The molecule has 0 aliphatic carbocycles. The molecule has 0 rings (SSSR count). The maximum Gasteiger partial charge on any atom is 0.281 e. The van der Waals surface area contributed by atoms with E-state index in [4.69, 9.17) is 0 Å². The van der Waals surface area contributed by atoms with Gasteiger partial charge in [0, 0.05) is 27.7 Å². The second-order valence-electron chi connectivity index (χ2n) is 3.32. The third kappa shape index (κ3) is 4.36. The van der Waals surface area contributed by atoms with Gasteiger partial charge in [0.2, 0.25) is 0 Å². The van der Waals surface area contributed by atoms with Crippen molar-refractivity contribution >= 4 is 10.2 Å². The highest BCUT2D eigenvalue weighted by molar-refractivity contribution is 7.86. The molecule has 86 valence electrons. The van der Waals surface area contributed by atoms with Crippen LogP contribution in [-0.4, -0.2) is 57.8 Å². The van der Waals surface area contributed by atoms with Crippen LogP contribution in [0, 0.1) is 0 Å². The topological polar surface area (TPSA) is 52.7 Å². The fourth-order valence-electron chi connectivity index (χ4n) is 0.998. The van der Waals surface area contributed by atoms with Gasteiger partial charge in [-0.3, -0.25) is 0 Å². The summed E-state index contributed by atoms with van der Waals surface area (Å²) in [4.78, 5) is 0. The highest BCUT2D eigenvalue weighted by Gasteiger charge is 2.19. The zero-order chi connectivity index (χ0) is 11.2. The molecule has 0 saturated heterocycles. The Labute approximate surface area is 87.3 Å². The Bertz CT molecular complexity index is 239. The Morgan fingerprint density at radius 1 is 1.21 bits per heavy atom. The lowest BCUT2D eigenvalue weighted by molar-refractivity contribution is 0.410. The van der Waals surface area contributed by atoms with Crippen LogP contribution < -0.4 is 5.32 Å². The van der Waals surface area contributed by atoms with Crippen LogP contribution in [0.5, 0.6) is 0 Å². The monoisotopic (exact) mass is 223 g/mol. The highest BCUT2D eigenvalue weighted by atomic mass is 32.2. The first-order valence-corrected chi connectivity index (χ1v) is 6.17. The minimum absolute atomic E-state index is 0.549. The standard InChI is InChI=1S/C8H21N3O2S/c1-5-9-7-6-8-11(4)14(12,13)10(2)3/h9H,5-8H2,1-4H3. The van der Waals surface area contributed by atoms with Gasteiger partial charge in [0.15, 0.2) is 0 Å². The summed E-state index contributed by atoms with van der Waals surface area (Å²) >= 11 is 0. The molecule has 14 heavy (non-hydrogen) atoms. The summed E-state index contributed by atoms with van der Waals surface area (Å²) in [5.74, 6) is 0. The molecule has 0 amide bonds. The van der Waals surface area contributed by atoms with Gasteiger partial charge < -0.3 is 5.32 Å². The molecule has 0 aromatic rings. The van der Waals surface area contributed by atoms with Crippen LogP contribution in [0.3, 0.4) is 0 Å². The summed E-state index contributed by atoms with van der Waals surface area (Å²) in [6.45, 7) is 4.35. The second kappa shape index (κ2) is 6.34. The zero-order valence-corrected chi connectivity index (χ0v) is 10.3. The van der Waals surface area contributed by atoms with Gasteiger partial charge in [-0.15, -0.1) is 0 Å². The normalized spacial score (nSPS) is 12.7. The van der Waals surface area contributed by atoms with Gasteiger partial charge in [0.05, 0.1) is 0 Å². The molecule has 0 unspecified atom stereocenters. The van der Waals surface area contributed by atoms with Crippen LogP contribution in [0.2, 0.25) is 0 Å². The molecule has 0 aromatic heterocycles. The van der Waals surface area contributed by atoms with Crippen molar-refractivity contribution in [3.05, 3.63) is 0 Å². The van der Waals surface area contributed by atoms with E-state index in [1.54, 1.807) is 7.05 Å². The first-order chi connectivity index (χ1) is 6.42. The average Bonchev–Trinajstić information content (AvgIpc) is 2.11. The lowest BCUT2D eigenvalue weighted by Crippen LogP contribution is -2.38. The van der Waals surface area contributed by atoms with Crippen molar-refractivity contribution in [2.45, 2.75) is 13.3 Å². The van der Waals surface area contributed by atoms with Crippen LogP contribution in [0.1, 0.15) is 13.3 Å². The Kier molecular flexibility index (Phi) is 6.26. The fourth-order valence-corrected chi connectivity index (χ4v) is 1.91. The van der Waals surface area contributed by atoms with Crippen LogP contribution in [0.15, 0.2) is 0 Å². The van der Waals surface area contributed by atoms with Gasteiger partial charge in [0.1, 0.15) is 0 Å². The SMILES string of the molecule is CCNCCCN(C)S(=O)(=O)N(C)C. The summed E-state index contributed by atoms with van der Waals surface area (Å²) in [6, 6.07) is 0. The van der Waals surface area contributed by atoms with Gasteiger partial charge in [0.25, 0.3) is 10.2 Å². The lowest BCUT2D eigenvalue weighted by Gasteiger charge is -2.21. The number of hydrogen-bond donors (Lipinski definition) is 1. The van der Waals surface area contributed by atoms with E-state index in [0.29, 0.717) is 6.54 Å². The van der Waals surface area contributed by atoms with E-state index in [2.05, 4.69) is 5.32 Å². The third-order valence-corrected chi connectivity index (χ3v) is 3.83. The molecule has 1 N–H and O–H groups in total. The van der Waals surface area contributed by atoms with Crippen molar-refractivity contribution in [3.63, 3.8) is 0 Å². The minimum atomic E-state index is -3.23. The molecular weight excluding hydrogens is 202 g/mol. The smallest absolute Gasteiger partial charge is 0.281 e. The van der Waals surface area contributed by atoms with Crippen LogP contribution in [-0.2, 0) is 10.2 Å². The number of hydrogen-bond acceptors (Lipinski definition) is 3. The predicted octanol–water partition coefficient (Wildman–Crippen LogP) is -0.276. The molecule has 0 heterocycles. The minimum Gasteiger partial charge on any atom is -0.317 e. The van der Waals surface area contributed by atoms with E-state index in [1.165, 1.54) is 22.7 Å². The molecule has 0 aliphatic heterocycles. The first kappa shape index (κ1) is 13.8. The number of rotatable bonds is 7. The highest BCUT2D eigenvalue weighted by Crippen LogP contribution is 2.01. The predicted molar refractivity (Wildman–Crippen MR) is 58.4 cm³/mol. The van der Waals surface area contributed by atoms with Gasteiger partial charge >= 0.3 is 0 Å². The Morgan fingerprint density at radius 3 is 2.21 bits per heavy atom. The van der Waals surface area contributed by atoms with Crippen molar-refractivity contribution in [2.24, 2.45) is 0 Å². The molecule has 5 nitrogen and oxygen atoms in total. The summed E-state index contributed by atoms with van der Waals surface area (Å²) < 4.78 is 25.6. The summed E-state index contributed by atoms with van der Waals surface area (Å²) in [5.41, 5.74) is 0. The quantitative estimate of drug-likeness (QED) is 0.604. The molecule has 0 radical (unpaired) electrons. The number of nitrogens with zero attached hydrogens (tertiary/aromatic N) is 2. The van der Waals surface area contributed by atoms with Crippen molar-refractivity contribution in [1.82, 2.24) is 13.9 Å². The van der Waals surface area contributed by atoms with Gasteiger partial charge in [-0.25, -0.2) is 0 Å². The Morgan fingerprint density at radius 2 is 1.79 bits per heavy atom. The van der Waals surface area contributed by atoms with Crippen molar-refractivity contribution in [2.75, 3.05) is 40.8 Å². The molecule has 6 heteroatoms. The van der Waals surface area contributed by atoms with E-state index in [1.807, 2.05) is 6.92 Å². The Hall–Kier alpha value is -0.170. The average molecular weight is 223 g/mol. The molecular formula is C8H21N3O2S. The van der Waals surface area contributed by atoms with Crippen molar-refractivity contribution in [3.8, 4) is 0 Å². The molecule has 0 aromatic carbocycles. The molecule has 0 aliphatic rings. The maximum atomic E-state index is 11.5. The van der Waals surface area contributed by atoms with E-state index in [0.717, 1.165) is 19.5 Å². The molecule has 0 saturated carbocycles. The molecule has 0 fully saturated rings. The van der Waals surface area contributed by atoms with Crippen molar-refractivity contribution < 1.29 is 8.42 Å². The van der Waals surface area contributed by atoms with Crippen LogP contribution in [0.4, 0.5) is 0 Å². The largest absolute Gasteiger partial charge is 0.317 e. The fraction of sp³-hybridized carbons (Fsp3) is 1.00. The summed E-state index contributed by atoms with van der Waals surface area (Å²) in [7, 11) is 1.45. The van der Waals surface area contributed by atoms with Gasteiger partial charge in [-0.2, -0.15) is 17.0 Å². The van der Waals surface area contributed by atoms with E-state index >= 15 is 0 Å².